The van der Waals surface area contributed by atoms with Gasteiger partial charge in [-0.25, -0.2) is 0 Å². The van der Waals surface area contributed by atoms with Crippen LogP contribution in [-0.4, -0.2) is 28.1 Å². The van der Waals surface area contributed by atoms with Crippen LogP contribution in [0.5, 0.6) is 0 Å². The fourth-order valence-corrected chi connectivity index (χ4v) is 2.15. The number of nitrogens with zero attached hydrogens (tertiary/aromatic N) is 1. The zero-order valence-electron chi connectivity index (χ0n) is 13.8. The highest BCUT2D eigenvalue weighted by atomic mass is 16.2. The van der Waals surface area contributed by atoms with Crippen LogP contribution in [0, 0.1) is 19.8 Å². The van der Waals surface area contributed by atoms with E-state index in [0.717, 1.165) is 11.3 Å². The van der Waals surface area contributed by atoms with Crippen LogP contribution >= 0.6 is 0 Å². The molecular formula is C17H22N4O2. The Hall–Kier alpha value is -2.63. The Kier molecular flexibility index (Phi) is 5.16. The number of nitrogens with one attached hydrogen (secondary N) is 3. The van der Waals surface area contributed by atoms with E-state index in [0.29, 0.717) is 11.4 Å². The van der Waals surface area contributed by atoms with Gasteiger partial charge >= 0.3 is 0 Å². The van der Waals surface area contributed by atoms with Gasteiger partial charge in [-0.15, -0.1) is 0 Å². The quantitative estimate of drug-likeness (QED) is 0.792. The summed E-state index contributed by atoms with van der Waals surface area (Å²) in [5.74, 6) is -0.156. The third-order valence-electron chi connectivity index (χ3n) is 3.51. The number of hydrogen-bond acceptors (Lipinski definition) is 3. The van der Waals surface area contributed by atoms with Crippen molar-refractivity contribution in [3.05, 3.63) is 47.2 Å². The lowest BCUT2D eigenvalue weighted by Gasteiger charge is -2.21. The van der Waals surface area contributed by atoms with Crippen molar-refractivity contribution in [1.82, 2.24) is 15.5 Å². The van der Waals surface area contributed by atoms with Gasteiger partial charge in [0.25, 0.3) is 5.91 Å². The van der Waals surface area contributed by atoms with Gasteiger partial charge in [0, 0.05) is 17.3 Å². The lowest BCUT2D eigenvalue weighted by Crippen LogP contribution is -2.47. The third kappa shape index (κ3) is 4.42. The number of aromatic nitrogens is 2. The molecule has 1 unspecified atom stereocenters. The second-order valence-electron chi connectivity index (χ2n) is 5.99. The summed E-state index contributed by atoms with van der Waals surface area (Å²) in [5.41, 5.74) is 2.46. The fourth-order valence-electron chi connectivity index (χ4n) is 2.15. The van der Waals surface area contributed by atoms with E-state index >= 15 is 0 Å². The predicted octanol–water partition coefficient (Wildman–Crippen LogP) is 2.42. The van der Waals surface area contributed by atoms with Crippen LogP contribution in [-0.2, 0) is 4.79 Å². The number of amides is 2. The van der Waals surface area contributed by atoms with E-state index in [4.69, 9.17) is 0 Å². The molecule has 0 aliphatic rings. The molecule has 1 atom stereocenters. The van der Waals surface area contributed by atoms with E-state index in [1.165, 1.54) is 0 Å². The number of aryl methyl sites for hydroxylation is 2. The van der Waals surface area contributed by atoms with Gasteiger partial charge in [0.05, 0.1) is 0 Å². The predicted molar refractivity (Wildman–Crippen MR) is 89.2 cm³/mol. The molecule has 6 nitrogen and oxygen atoms in total. The summed E-state index contributed by atoms with van der Waals surface area (Å²) >= 11 is 0. The van der Waals surface area contributed by atoms with Crippen molar-refractivity contribution in [2.24, 2.45) is 5.92 Å². The monoisotopic (exact) mass is 314 g/mol. The summed E-state index contributed by atoms with van der Waals surface area (Å²) in [6.45, 7) is 7.57. The van der Waals surface area contributed by atoms with Crippen LogP contribution in [0.1, 0.15) is 35.5 Å². The maximum atomic E-state index is 12.4. The van der Waals surface area contributed by atoms with Crippen molar-refractivity contribution in [3.63, 3.8) is 0 Å². The third-order valence-corrected chi connectivity index (χ3v) is 3.51. The van der Waals surface area contributed by atoms with Crippen molar-refractivity contribution in [2.45, 2.75) is 33.7 Å². The average Bonchev–Trinajstić information content (AvgIpc) is 2.89. The first-order valence-electron chi connectivity index (χ1n) is 7.57. The van der Waals surface area contributed by atoms with Gasteiger partial charge in [0.15, 0.2) is 5.82 Å². The lowest BCUT2D eigenvalue weighted by atomic mass is 10.0. The van der Waals surface area contributed by atoms with Crippen molar-refractivity contribution in [1.29, 1.82) is 0 Å². The molecule has 2 amide bonds. The number of anilines is 1. The molecule has 1 aromatic heterocycles. The van der Waals surface area contributed by atoms with Crippen LogP contribution < -0.4 is 10.6 Å². The molecule has 0 spiro atoms. The van der Waals surface area contributed by atoms with E-state index in [9.17, 15) is 9.59 Å². The highest BCUT2D eigenvalue weighted by Gasteiger charge is 2.25. The second kappa shape index (κ2) is 7.09. The van der Waals surface area contributed by atoms with Gasteiger partial charge in [-0.2, -0.15) is 5.10 Å². The van der Waals surface area contributed by atoms with E-state index in [2.05, 4.69) is 20.8 Å². The molecule has 1 aromatic carbocycles. The largest absolute Gasteiger partial charge is 0.340 e. The summed E-state index contributed by atoms with van der Waals surface area (Å²) in [6, 6.07) is 8.32. The first-order chi connectivity index (χ1) is 10.9. The molecule has 0 fully saturated rings. The molecule has 0 radical (unpaired) electrons. The average molecular weight is 314 g/mol. The number of aromatic amines is 1. The van der Waals surface area contributed by atoms with Crippen LogP contribution in [0.15, 0.2) is 30.3 Å². The minimum Gasteiger partial charge on any atom is -0.340 e. The van der Waals surface area contributed by atoms with Gasteiger partial charge in [-0.05, 0) is 31.9 Å². The van der Waals surface area contributed by atoms with Gasteiger partial charge in [0.2, 0.25) is 5.91 Å². The minimum atomic E-state index is -0.638. The number of carbonyl (C=O) groups excluding carboxylic acids is 2. The van der Waals surface area contributed by atoms with Gasteiger partial charge in [0.1, 0.15) is 6.04 Å². The summed E-state index contributed by atoms with van der Waals surface area (Å²) < 4.78 is 0. The molecule has 23 heavy (non-hydrogen) atoms. The zero-order chi connectivity index (χ0) is 17.0. The Morgan fingerprint density at radius 3 is 2.30 bits per heavy atom. The fraction of sp³-hybridized carbons (Fsp3) is 0.353. The SMILES string of the molecule is Cc1ccc(C(=O)NC(C(=O)Nc2cc(C)[nH]n2)C(C)C)cc1. The molecule has 122 valence electrons. The number of hydrogen-bond donors (Lipinski definition) is 3. The van der Waals surface area contributed by atoms with Crippen molar-refractivity contribution < 1.29 is 9.59 Å². The normalized spacial score (nSPS) is 12.0. The Labute approximate surface area is 135 Å². The molecule has 2 aromatic rings. The topological polar surface area (TPSA) is 86.9 Å². The van der Waals surface area contributed by atoms with Gasteiger partial charge < -0.3 is 10.6 Å². The summed E-state index contributed by atoms with van der Waals surface area (Å²) in [4.78, 5) is 24.7. The minimum absolute atomic E-state index is 0.0514. The van der Waals surface area contributed by atoms with Crippen molar-refractivity contribution >= 4 is 17.6 Å². The van der Waals surface area contributed by atoms with Crippen molar-refractivity contribution in [2.75, 3.05) is 5.32 Å². The summed E-state index contributed by atoms with van der Waals surface area (Å²) in [7, 11) is 0. The lowest BCUT2D eigenvalue weighted by molar-refractivity contribution is -0.118. The smallest absolute Gasteiger partial charge is 0.251 e. The highest BCUT2D eigenvalue weighted by molar-refractivity contribution is 6.01. The van der Waals surface area contributed by atoms with Crippen LogP contribution in [0.2, 0.25) is 0 Å². The standard InChI is InChI=1S/C17H22N4O2/c1-10(2)15(17(23)18-14-9-12(4)20-21-14)19-16(22)13-7-5-11(3)6-8-13/h5-10,15H,1-4H3,(H,19,22)(H2,18,20,21,23). The highest BCUT2D eigenvalue weighted by Crippen LogP contribution is 2.10. The van der Waals surface area contributed by atoms with E-state index in [1.54, 1.807) is 18.2 Å². The van der Waals surface area contributed by atoms with Gasteiger partial charge in [-0.3, -0.25) is 14.7 Å². The van der Waals surface area contributed by atoms with E-state index < -0.39 is 6.04 Å². The van der Waals surface area contributed by atoms with E-state index in [-0.39, 0.29) is 17.7 Å². The van der Waals surface area contributed by atoms with Gasteiger partial charge in [-0.1, -0.05) is 31.5 Å². The summed E-state index contributed by atoms with van der Waals surface area (Å²) in [5, 5.41) is 12.2. The van der Waals surface area contributed by atoms with E-state index in [1.807, 2.05) is 39.8 Å². The number of H-pyrrole nitrogens is 1. The Bertz CT molecular complexity index is 689. The Morgan fingerprint density at radius 1 is 1.13 bits per heavy atom. The van der Waals surface area contributed by atoms with Crippen molar-refractivity contribution in [3.8, 4) is 0 Å². The molecule has 0 saturated heterocycles. The first-order valence-corrected chi connectivity index (χ1v) is 7.57. The Balaban J connectivity index is 2.07. The zero-order valence-corrected chi connectivity index (χ0v) is 13.8. The molecule has 1 heterocycles. The molecule has 3 N–H and O–H groups in total. The molecule has 6 heteroatoms. The Morgan fingerprint density at radius 2 is 1.78 bits per heavy atom. The number of rotatable bonds is 5. The molecule has 0 saturated carbocycles. The molecule has 0 bridgehead atoms. The molecule has 2 rings (SSSR count). The van der Waals surface area contributed by atoms with Crippen LogP contribution in [0.25, 0.3) is 0 Å². The van der Waals surface area contributed by atoms with Crippen LogP contribution in [0.4, 0.5) is 5.82 Å². The maximum absolute atomic E-state index is 12.4. The maximum Gasteiger partial charge on any atom is 0.251 e. The first kappa shape index (κ1) is 16.7. The number of carbonyl (C=O) groups is 2. The molecular weight excluding hydrogens is 292 g/mol. The molecule has 0 aliphatic heterocycles. The molecule has 0 aliphatic carbocycles. The second-order valence-corrected chi connectivity index (χ2v) is 5.99. The van der Waals surface area contributed by atoms with Crippen LogP contribution in [0.3, 0.4) is 0 Å². The number of benzene rings is 1. The summed E-state index contributed by atoms with van der Waals surface area (Å²) in [6.07, 6.45) is 0.